The van der Waals surface area contributed by atoms with Crippen molar-refractivity contribution in [1.82, 2.24) is 14.5 Å². The molecule has 0 radical (unpaired) electrons. The fourth-order valence-corrected chi connectivity index (χ4v) is 16.1. The molecule has 2 aliphatic carbocycles. The zero-order valence-electron chi connectivity index (χ0n) is 53.0. The molecule has 2 aliphatic rings. The second-order valence-corrected chi connectivity index (χ2v) is 26.9. The van der Waals surface area contributed by atoms with Crippen molar-refractivity contribution in [2.45, 2.75) is 12.8 Å². The number of rotatable bonds is 4. The Morgan fingerprint density at radius 2 is 0.745 bits per heavy atom. The van der Waals surface area contributed by atoms with Gasteiger partial charge >= 0.3 is 0 Å². The van der Waals surface area contributed by atoms with E-state index in [0.29, 0.717) is 5.95 Å². The van der Waals surface area contributed by atoms with E-state index in [2.05, 4.69) is 306 Å². The first kappa shape index (κ1) is 56.2. The zero-order chi connectivity index (χ0) is 64.5. The van der Waals surface area contributed by atoms with Gasteiger partial charge in [0.15, 0.2) is 0 Å². The number of hydrogen-bond donors (Lipinski definition) is 0. The maximum atomic E-state index is 6.13. The normalized spacial score (nSPS) is 12.3. The number of nitrogens with zero attached hydrogens (tertiary/aromatic N) is 3. The first-order valence-electron chi connectivity index (χ1n) is 33.4. The van der Waals surface area contributed by atoms with Crippen LogP contribution in [0.2, 0.25) is 0 Å². The average Bonchev–Trinajstić information content (AvgIpc) is 1.55. The van der Waals surface area contributed by atoms with E-state index in [1.807, 2.05) is 30.3 Å². The Bertz CT molecular complexity index is 6730. The first-order chi connectivity index (χ1) is 48.4. The zero-order valence-corrected chi connectivity index (χ0v) is 54.6. The van der Waals surface area contributed by atoms with Crippen molar-refractivity contribution in [3.63, 3.8) is 0 Å². The molecule has 0 fully saturated rings. The Kier molecular flexibility index (Phi) is 12.9. The molecule has 0 saturated heterocycles. The molecule has 0 aliphatic heterocycles. The summed E-state index contributed by atoms with van der Waals surface area (Å²) in [5.74, 6) is 0.658. The van der Waals surface area contributed by atoms with Crippen LogP contribution in [0.1, 0.15) is 22.3 Å². The second kappa shape index (κ2) is 22.5. The lowest BCUT2D eigenvalue weighted by molar-refractivity contribution is 0.668. The highest BCUT2D eigenvalue weighted by molar-refractivity contribution is 9.10. The predicted octanol–water partition coefficient (Wildman–Crippen LogP) is 25.4. The maximum absolute atomic E-state index is 6.13. The molecule has 0 saturated carbocycles. The van der Waals surface area contributed by atoms with E-state index in [1.54, 1.807) is 0 Å². The van der Waals surface area contributed by atoms with E-state index >= 15 is 0 Å². The molecule has 0 atom stereocenters. The Morgan fingerprint density at radius 3 is 1.41 bits per heavy atom. The molecule has 98 heavy (non-hydrogen) atoms. The van der Waals surface area contributed by atoms with E-state index < -0.39 is 0 Å². The summed E-state index contributed by atoms with van der Waals surface area (Å²) >= 11 is 3.58. The van der Waals surface area contributed by atoms with Crippen LogP contribution in [0.5, 0.6) is 0 Å². The molecule has 0 N–H and O–H groups in total. The number of para-hydroxylation sites is 4. The highest BCUT2D eigenvalue weighted by Gasteiger charge is 2.24. The van der Waals surface area contributed by atoms with Crippen molar-refractivity contribution in [2.24, 2.45) is 0 Å². The summed E-state index contributed by atoms with van der Waals surface area (Å²) in [7, 11) is 0. The van der Waals surface area contributed by atoms with Gasteiger partial charge in [-0.25, -0.2) is 9.97 Å². The summed E-state index contributed by atoms with van der Waals surface area (Å²) < 4.78 is 15.5. The van der Waals surface area contributed by atoms with Gasteiger partial charge in [0.1, 0.15) is 22.3 Å². The molecule has 0 bridgehead atoms. The summed E-state index contributed by atoms with van der Waals surface area (Å²) in [6.07, 6.45) is 2.09. The highest BCUT2D eigenvalue weighted by Crippen LogP contribution is 2.46. The third kappa shape index (κ3) is 9.20. The van der Waals surface area contributed by atoms with E-state index in [1.165, 1.54) is 120 Å². The molecule has 20 aromatic rings. The van der Waals surface area contributed by atoms with Crippen LogP contribution in [0.3, 0.4) is 0 Å². The molecule has 16 aromatic carbocycles. The molecule has 5 nitrogen and oxygen atoms in total. The van der Waals surface area contributed by atoms with Crippen molar-refractivity contribution in [3.05, 3.63) is 342 Å². The Morgan fingerprint density at radius 1 is 0.286 bits per heavy atom. The molecular weight excluding hydrogens is 1260 g/mol. The molecule has 458 valence electrons. The predicted molar refractivity (Wildman–Crippen MR) is 412 cm³/mol. The SMILES string of the molecule is Brc1ccc2ccc3c(c2c1)-c1ccccc1C3.c1ccc2c(c1)Cc1ccc3ccc(-c4ccc5oc6ccccc6c5c4)cc3c1-2.c1ccc2cc(-c3nc(-n4c5ccccc5c5c6cc(-c7ccc8oc9ccccc9c8c7)ccc6ccc54)nc4ccccc34)ccc2c1. The van der Waals surface area contributed by atoms with Gasteiger partial charge in [0.05, 0.1) is 22.2 Å². The summed E-state index contributed by atoms with van der Waals surface area (Å²) in [6, 6.07) is 113. The van der Waals surface area contributed by atoms with E-state index in [0.717, 1.165) is 94.7 Å². The Hall–Kier alpha value is -12.2. The lowest BCUT2D eigenvalue weighted by Crippen LogP contribution is -2.03. The first-order valence-corrected chi connectivity index (χ1v) is 34.2. The largest absolute Gasteiger partial charge is 0.456 e. The van der Waals surface area contributed by atoms with Crippen molar-refractivity contribution in [1.29, 1.82) is 0 Å². The van der Waals surface area contributed by atoms with E-state index in [4.69, 9.17) is 18.8 Å². The molecule has 4 aromatic heterocycles. The third-order valence-corrected chi connectivity index (χ3v) is 20.9. The summed E-state index contributed by atoms with van der Waals surface area (Å²) in [4.78, 5) is 10.6. The molecular formula is C92H56BrN3O2. The van der Waals surface area contributed by atoms with Crippen molar-refractivity contribution in [3.8, 4) is 61.7 Å². The number of aromatic nitrogens is 3. The van der Waals surface area contributed by atoms with Gasteiger partial charge in [0, 0.05) is 47.7 Å². The number of fused-ring (bicyclic) bond motifs is 23. The van der Waals surface area contributed by atoms with Crippen LogP contribution in [0.15, 0.2) is 329 Å². The molecule has 0 amide bonds. The minimum absolute atomic E-state index is 0.658. The van der Waals surface area contributed by atoms with Gasteiger partial charge in [-0.3, -0.25) is 4.57 Å². The maximum Gasteiger partial charge on any atom is 0.235 e. The number of benzene rings is 16. The number of furan rings is 2. The quantitative estimate of drug-likeness (QED) is 0.176. The summed E-state index contributed by atoms with van der Waals surface area (Å²) in [5, 5.41) is 18.1. The van der Waals surface area contributed by atoms with Crippen molar-refractivity contribution < 1.29 is 8.83 Å². The summed E-state index contributed by atoms with van der Waals surface area (Å²) in [5.41, 5.74) is 24.9. The van der Waals surface area contributed by atoms with Crippen LogP contribution in [0.25, 0.3) is 181 Å². The van der Waals surface area contributed by atoms with Gasteiger partial charge in [-0.1, -0.05) is 246 Å². The average molecular weight is 1320 g/mol. The Balaban J connectivity index is 0.000000114. The molecule has 22 rings (SSSR count). The number of hydrogen-bond acceptors (Lipinski definition) is 4. The minimum Gasteiger partial charge on any atom is -0.456 e. The van der Waals surface area contributed by atoms with Gasteiger partial charge in [0.2, 0.25) is 5.95 Å². The topological polar surface area (TPSA) is 57.0 Å². The van der Waals surface area contributed by atoms with E-state index in [-0.39, 0.29) is 0 Å². The highest BCUT2D eigenvalue weighted by atomic mass is 79.9. The van der Waals surface area contributed by atoms with Gasteiger partial charge in [-0.15, -0.1) is 0 Å². The van der Waals surface area contributed by atoms with Gasteiger partial charge in [0.25, 0.3) is 0 Å². The standard InChI is InChI=1S/C46H27N3O.C29H18O.C17H11Br/c1-2-10-30-25-33(20-17-28(30)9-1)45-35-12-3-6-14-39(35)47-46(48-45)49-40-15-7-4-13-36(40)44-37-26-31(19-18-29(37)21-23-41(44)49)32-22-24-43-38(27-32)34-11-5-8-16-42(34)50-43;1-2-6-23-21(5-1)15-22-12-10-18-9-11-19(16-25(18)29(22)23)20-13-14-28-26(17-20)24-7-3-4-8-27(24)30-28;18-14-8-7-11-5-6-13-9-12-3-1-2-4-15(12)17(13)16(11)10-14/h1-27H;1-14,16-17H,15H2;1-8,10H,9H2. The van der Waals surface area contributed by atoms with Crippen LogP contribution in [-0.4, -0.2) is 14.5 Å². The smallest absolute Gasteiger partial charge is 0.235 e. The fraction of sp³-hybridized carbons (Fsp3) is 0.0217. The minimum atomic E-state index is 0.658. The van der Waals surface area contributed by atoms with Gasteiger partial charge in [-0.05, 0) is 208 Å². The van der Waals surface area contributed by atoms with Crippen LogP contribution in [0, 0.1) is 0 Å². The monoisotopic (exact) mass is 1310 g/mol. The van der Waals surface area contributed by atoms with E-state index in [9.17, 15) is 0 Å². The van der Waals surface area contributed by atoms with Crippen LogP contribution >= 0.6 is 15.9 Å². The lowest BCUT2D eigenvalue weighted by Gasteiger charge is -2.12. The number of halogens is 1. The van der Waals surface area contributed by atoms with Crippen LogP contribution in [-0.2, 0) is 12.8 Å². The third-order valence-electron chi connectivity index (χ3n) is 20.4. The fourth-order valence-electron chi connectivity index (χ4n) is 15.8. The van der Waals surface area contributed by atoms with Crippen LogP contribution < -0.4 is 0 Å². The van der Waals surface area contributed by atoms with Crippen molar-refractivity contribution in [2.75, 3.05) is 0 Å². The molecule has 0 unspecified atom stereocenters. The second-order valence-electron chi connectivity index (χ2n) is 26.0. The summed E-state index contributed by atoms with van der Waals surface area (Å²) in [6.45, 7) is 0. The molecule has 4 heterocycles. The van der Waals surface area contributed by atoms with Crippen LogP contribution in [0.4, 0.5) is 0 Å². The van der Waals surface area contributed by atoms with Gasteiger partial charge < -0.3 is 8.83 Å². The lowest BCUT2D eigenvalue weighted by atomic mass is 9.94. The van der Waals surface area contributed by atoms with Crippen molar-refractivity contribution >= 4 is 136 Å². The van der Waals surface area contributed by atoms with Gasteiger partial charge in [-0.2, -0.15) is 0 Å². The molecule has 6 heteroatoms. The Labute approximate surface area is 571 Å². The molecule has 0 spiro atoms.